The summed E-state index contributed by atoms with van der Waals surface area (Å²) in [5, 5.41) is 11.4. The summed E-state index contributed by atoms with van der Waals surface area (Å²) in [6.07, 6.45) is 0.587. The first-order chi connectivity index (χ1) is 6.80. The summed E-state index contributed by atoms with van der Waals surface area (Å²) in [5.41, 5.74) is 0. The van der Waals surface area contributed by atoms with Crippen LogP contribution in [0.3, 0.4) is 0 Å². The third-order valence-corrected chi connectivity index (χ3v) is 1.83. The zero-order valence-corrected chi connectivity index (χ0v) is 7.44. The van der Waals surface area contributed by atoms with Gasteiger partial charge in [-0.2, -0.15) is 0 Å². The Labute approximate surface area is 79.5 Å². The van der Waals surface area contributed by atoms with Crippen molar-refractivity contribution in [2.24, 2.45) is 15.9 Å². The van der Waals surface area contributed by atoms with Crippen LogP contribution in [-0.2, 0) is 0 Å². The van der Waals surface area contributed by atoms with Gasteiger partial charge in [-0.15, -0.1) is 14.7 Å². The molecular weight excluding hydrogens is 192 g/mol. The molecule has 0 spiro atoms. The first kappa shape index (κ1) is 10.3. The minimum absolute atomic E-state index is 0.0149. The summed E-state index contributed by atoms with van der Waals surface area (Å²) >= 11 is 0. The van der Waals surface area contributed by atoms with Crippen molar-refractivity contribution in [1.82, 2.24) is 15.0 Å². The predicted octanol–water partition coefficient (Wildman–Crippen LogP) is 0.255. The molecule has 0 aromatic rings. The summed E-state index contributed by atoms with van der Waals surface area (Å²) < 4.78 is 0. The molecule has 78 valence electrons. The van der Waals surface area contributed by atoms with Gasteiger partial charge in [-0.3, -0.25) is 0 Å². The summed E-state index contributed by atoms with van der Waals surface area (Å²) in [6.45, 7) is 0.723. The highest BCUT2D eigenvalue weighted by Crippen LogP contribution is 2.05. The summed E-state index contributed by atoms with van der Waals surface area (Å²) in [4.78, 5) is 30.8. The van der Waals surface area contributed by atoms with Gasteiger partial charge in [0.05, 0.1) is 15.9 Å². The van der Waals surface area contributed by atoms with Crippen molar-refractivity contribution in [2.45, 2.75) is 6.42 Å². The smallest absolute Gasteiger partial charge is 0.132 e. The van der Waals surface area contributed by atoms with Gasteiger partial charge < -0.3 is 0 Å². The largest absolute Gasteiger partial charge is 0.239 e. The Balaban J connectivity index is 2.57. The third-order valence-electron chi connectivity index (χ3n) is 1.83. The van der Waals surface area contributed by atoms with Gasteiger partial charge in [-0.05, 0) is 6.42 Å². The molecule has 0 bridgehead atoms. The molecule has 1 aliphatic rings. The quantitative estimate of drug-likeness (QED) is 0.608. The molecule has 1 heterocycles. The van der Waals surface area contributed by atoms with Crippen LogP contribution in [0.5, 0.6) is 0 Å². The van der Waals surface area contributed by atoms with E-state index in [4.69, 9.17) is 0 Å². The maximum atomic E-state index is 10.3. The Kier molecular flexibility index (Phi) is 3.70. The van der Waals surface area contributed by atoms with Crippen molar-refractivity contribution in [1.29, 1.82) is 0 Å². The molecule has 0 aliphatic carbocycles. The van der Waals surface area contributed by atoms with Gasteiger partial charge in [0, 0.05) is 13.1 Å². The van der Waals surface area contributed by atoms with E-state index in [-0.39, 0.29) is 13.3 Å². The van der Waals surface area contributed by atoms with Gasteiger partial charge in [0.25, 0.3) is 0 Å². The zero-order valence-electron chi connectivity index (χ0n) is 7.44. The lowest BCUT2D eigenvalue weighted by atomic mass is 10.4. The number of hydrogen-bond donors (Lipinski definition) is 0. The van der Waals surface area contributed by atoms with Crippen LogP contribution >= 0.6 is 0 Å². The molecule has 9 heteroatoms. The van der Waals surface area contributed by atoms with Crippen LogP contribution in [0.1, 0.15) is 6.42 Å². The summed E-state index contributed by atoms with van der Waals surface area (Å²) in [7, 11) is 0. The first-order valence-electron chi connectivity index (χ1n) is 4.05. The monoisotopic (exact) mass is 202 g/mol. The predicted molar refractivity (Wildman–Crippen MR) is 47.0 cm³/mol. The van der Waals surface area contributed by atoms with E-state index < -0.39 is 0 Å². The first-order valence-corrected chi connectivity index (χ1v) is 4.05. The average Bonchev–Trinajstić information content (AvgIpc) is 2.18. The van der Waals surface area contributed by atoms with Crippen LogP contribution in [0, 0.1) is 14.7 Å². The fourth-order valence-electron chi connectivity index (χ4n) is 1.18. The summed E-state index contributed by atoms with van der Waals surface area (Å²) in [5.74, 6) is 0. The van der Waals surface area contributed by atoms with Gasteiger partial charge in [0.15, 0.2) is 0 Å². The summed E-state index contributed by atoms with van der Waals surface area (Å²) in [6, 6.07) is 0. The Morgan fingerprint density at radius 2 is 1.14 bits per heavy atom. The minimum atomic E-state index is -0.0149. The van der Waals surface area contributed by atoms with Crippen molar-refractivity contribution in [3.05, 3.63) is 14.7 Å². The molecule has 1 fully saturated rings. The van der Waals surface area contributed by atoms with Crippen molar-refractivity contribution in [3.63, 3.8) is 0 Å². The van der Waals surface area contributed by atoms with Gasteiger partial charge in [-0.25, -0.2) is 15.0 Å². The maximum Gasteiger partial charge on any atom is 0.132 e. The molecule has 14 heavy (non-hydrogen) atoms. The second-order valence-electron chi connectivity index (χ2n) is 2.85. The van der Waals surface area contributed by atoms with E-state index in [2.05, 4.69) is 15.9 Å². The highest BCUT2D eigenvalue weighted by Gasteiger charge is 2.17. The average molecular weight is 202 g/mol. The number of rotatable bonds is 3. The molecule has 0 atom stereocenters. The number of hydrogen-bond acceptors (Lipinski definition) is 6. The van der Waals surface area contributed by atoms with Crippen molar-refractivity contribution < 1.29 is 0 Å². The van der Waals surface area contributed by atoms with Gasteiger partial charge in [0.1, 0.15) is 13.3 Å². The van der Waals surface area contributed by atoms with Crippen LogP contribution in [0.15, 0.2) is 15.9 Å². The highest BCUT2D eigenvalue weighted by atomic mass is 16.3. The molecule has 9 nitrogen and oxygen atoms in total. The molecular formula is C5H10N6O3. The van der Waals surface area contributed by atoms with Crippen LogP contribution in [-0.4, -0.2) is 41.5 Å². The number of nitrogens with zero attached hydrogens (tertiary/aromatic N) is 6. The van der Waals surface area contributed by atoms with E-state index in [9.17, 15) is 14.7 Å². The molecule has 0 radical (unpaired) electrons. The zero-order chi connectivity index (χ0) is 10.4. The molecule has 0 amide bonds. The molecule has 0 unspecified atom stereocenters. The lowest BCUT2D eigenvalue weighted by Gasteiger charge is -2.28. The van der Waals surface area contributed by atoms with Crippen LogP contribution < -0.4 is 0 Å². The molecule has 0 saturated carbocycles. The van der Waals surface area contributed by atoms with Gasteiger partial charge in [0.2, 0.25) is 0 Å². The van der Waals surface area contributed by atoms with Crippen molar-refractivity contribution >= 4 is 0 Å². The van der Waals surface area contributed by atoms with E-state index in [0.717, 1.165) is 5.01 Å². The van der Waals surface area contributed by atoms with E-state index in [1.807, 2.05) is 0 Å². The normalized spacial score (nSPS) is 18.4. The van der Waals surface area contributed by atoms with E-state index in [0.29, 0.717) is 19.5 Å². The third kappa shape index (κ3) is 2.61. The van der Waals surface area contributed by atoms with Gasteiger partial charge in [-0.1, -0.05) is 0 Å². The Bertz CT molecular complexity index is 206. The standard InChI is InChI=1S/C5H10N6O3/c12-6-9-2-1-3-10(7-13)5-11(4-9)8-14/h1-5H2. The molecule has 0 N–H and O–H groups in total. The molecule has 1 saturated heterocycles. The Morgan fingerprint density at radius 1 is 0.714 bits per heavy atom. The van der Waals surface area contributed by atoms with Crippen molar-refractivity contribution in [2.75, 3.05) is 26.4 Å². The number of nitroso groups, excluding NO2 is 3. The van der Waals surface area contributed by atoms with Crippen molar-refractivity contribution in [3.8, 4) is 0 Å². The maximum absolute atomic E-state index is 10.3. The molecule has 0 aromatic carbocycles. The SMILES string of the molecule is O=NN1CCCN(N=O)CN(N=O)C1. The Morgan fingerprint density at radius 3 is 1.50 bits per heavy atom. The molecule has 1 aliphatic heterocycles. The van der Waals surface area contributed by atoms with E-state index in [1.54, 1.807) is 0 Å². The highest BCUT2D eigenvalue weighted by molar-refractivity contribution is 4.61. The fourth-order valence-corrected chi connectivity index (χ4v) is 1.18. The fraction of sp³-hybridized carbons (Fsp3) is 1.00. The lowest BCUT2D eigenvalue weighted by Crippen LogP contribution is -2.41. The van der Waals surface area contributed by atoms with E-state index >= 15 is 0 Å². The van der Waals surface area contributed by atoms with E-state index in [1.165, 1.54) is 10.0 Å². The second kappa shape index (κ2) is 5.04. The second-order valence-corrected chi connectivity index (χ2v) is 2.85. The van der Waals surface area contributed by atoms with Gasteiger partial charge >= 0.3 is 0 Å². The lowest BCUT2D eigenvalue weighted by molar-refractivity contribution is 0.0462. The minimum Gasteiger partial charge on any atom is -0.239 e. The topological polar surface area (TPSA) is 98.0 Å². The van der Waals surface area contributed by atoms with Crippen LogP contribution in [0.4, 0.5) is 0 Å². The van der Waals surface area contributed by atoms with Crippen LogP contribution in [0.2, 0.25) is 0 Å². The Hall–Kier alpha value is -1.80. The van der Waals surface area contributed by atoms with Crippen LogP contribution in [0.25, 0.3) is 0 Å². The molecule has 1 rings (SSSR count). The molecule has 0 aromatic heterocycles.